The first-order chi connectivity index (χ1) is 9.65. The van der Waals surface area contributed by atoms with E-state index in [9.17, 15) is 13.6 Å². The molecule has 0 radical (unpaired) electrons. The van der Waals surface area contributed by atoms with Gasteiger partial charge in [-0.2, -0.15) is 0 Å². The van der Waals surface area contributed by atoms with Crippen molar-refractivity contribution in [3.05, 3.63) is 65.7 Å². The van der Waals surface area contributed by atoms with Crippen LogP contribution in [0.1, 0.15) is 5.56 Å². The summed E-state index contributed by atoms with van der Waals surface area (Å²) in [6.07, 6.45) is 0. The van der Waals surface area contributed by atoms with Crippen LogP contribution in [0.5, 0.6) is 0 Å². The average Bonchev–Trinajstić information content (AvgIpc) is 2.41. The van der Waals surface area contributed by atoms with E-state index in [4.69, 9.17) is 0 Å². The number of anilines is 1. The molecule has 0 spiro atoms. The minimum atomic E-state index is -0.415. The lowest BCUT2D eigenvalue weighted by atomic mass is 10.2. The van der Waals surface area contributed by atoms with Crippen LogP contribution >= 0.6 is 0 Å². The first-order valence-corrected chi connectivity index (χ1v) is 6.15. The third-order valence-electron chi connectivity index (χ3n) is 2.67. The SMILES string of the molecule is O=C(CNCc1ccccc1F)Nc1cccc(F)c1. The molecule has 104 valence electrons. The molecular formula is C15H14F2N2O. The minimum Gasteiger partial charge on any atom is -0.325 e. The van der Waals surface area contributed by atoms with Crippen molar-refractivity contribution in [3.8, 4) is 0 Å². The van der Waals surface area contributed by atoms with Crippen molar-refractivity contribution in [1.82, 2.24) is 5.32 Å². The Bertz CT molecular complexity index is 602. The smallest absolute Gasteiger partial charge is 0.238 e. The standard InChI is InChI=1S/C15H14F2N2O/c16-12-5-3-6-13(8-12)19-15(20)10-18-9-11-4-1-2-7-14(11)17/h1-8,18H,9-10H2,(H,19,20). The van der Waals surface area contributed by atoms with E-state index in [1.807, 2.05) is 0 Å². The molecular weight excluding hydrogens is 262 g/mol. The molecule has 0 aromatic heterocycles. The van der Waals surface area contributed by atoms with Gasteiger partial charge >= 0.3 is 0 Å². The lowest BCUT2D eigenvalue weighted by molar-refractivity contribution is -0.115. The largest absolute Gasteiger partial charge is 0.325 e. The van der Waals surface area contributed by atoms with Crippen LogP contribution in [0, 0.1) is 11.6 Å². The summed E-state index contributed by atoms with van der Waals surface area (Å²) in [4.78, 5) is 11.6. The first kappa shape index (κ1) is 14.1. The molecule has 0 bridgehead atoms. The Morgan fingerprint density at radius 1 is 1.05 bits per heavy atom. The summed E-state index contributed by atoms with van der Waals surface area (Å²) >= 11 is 0. The highest BCUT2D eigenvalue weighted by Crippen LogP contribution is 2.09. The molecule has 2 aromatic carbocycles. The summed E-state index contributed by atoms with van der Waals surface area (Å²) in [5.74, 6) is -1.04. The Morgan fingerprint density at radius 3 is 2.60 bits per heavy atom. The zero-order valence-corrected chi connectivity index (χ0v) is 10.7. The van der Waals surface area contributed by atoms with Gasteiger partial charge < -0.3 is 10.6 Å². The van der Waals surface area contributed by atoms with Crippen molar-refractivity contribution in [3.63, 3.8) is 0 Å². The molecule has 0 aliphatic carbocycles. The van der Waals surface area contributed by atoms with Gasteiger partial charge in [0.2, 0.25) is 5.91 Å². The molecule has 0 atom stereocenters. The fraction of sp³-hybridized carbons (Fsp3) is 0.133. The van der Waals surface area contributed by atoms with Gasteiger partial charge in [0.25, 0.3) is 0 Å². The van der Waals surface area contributed by atoms with E-state index in [1.165, 1.54) is 24.3 Å². The second-order valence-electron chi connectivity index (χ2n) is 4.25. The normalized spacial score (nSPS) is 10.3. The average molecular weight is 276 g/mol. The van der Waals surface area contributed by atoms with Crippen molar-refractivity contribution in [2.45, 2.75) is 6.54 Å². The van der Waals surface area contributed by atoms with Gasteiger partial charge in [-0.3, -0.25) is 4.79 Å². The maximum atomic E-state index is 13.3. The third kappa shape index (κ3) is 4.13. The summed E-state index contributed by atoms with van der Waals surface area (Å²) < 4.78 is 26.2. The molecule has 5 heteroatoms. The van der Waals surface area contributed by atoms with Crippen LogP contribution in [0.15, 0.2) is 48.5 Å². The second kappa shape index (κ2) is 6.77. The number of hydrogen-bond donors (Lipinski definition) is 2. The number of amides is 1. The zero-order chi connectivity index (χ0) is 14.4. The van der Waals surface area contributed by atoms with Gasteiger partial charge in [0.05, 0.1) is 6.54 Å². The fourth-order valence-electron chi connectivity index (χ4n) is 1.72. The summed E-state index contributed by atoms with van der Waals surface area (Å²) in [6, 6.07) is 12.0. The van der Waals surface area contributed by atoms with Crippen molar-refractivity contribution < 1.29 is 13.6 Å². The monoisotopic (exact) mass is 276 g/mol. The minimum absolute atomic E-state index is 0.0187. The molecule has 0 fully saturated rings. The van der Waals surface area contributed by atoms with Gasteiger partial charge in [0.15, 0.2) is 0 Å². The highest BCUT2D eigenvalue weighted by Gasteiger charge is 2.04. The van der Waals surface area contributed by atoms with Crippen LogP contribution in [0.2, 0.25) is 0 Å². The highest BCUT2D eigenvalue weighted by molar-refractivity contribution is 5.92. The van der Waals surface area contributed by atoms with Gasteiger partial charge in [0, 0.05) is 17.8 Å². The second-order valence-corrected chi connectivity index (χ2v) is 4.25. The molecule has 2 N–H and O–H groups in total. The Kier molecular flexibility index (Phi) is 4.79. The van der Waals surface area contributed by atoms with E-state index >= 15 is 0 Å². The van der Waals surface area contributed by atoms with Crippen LogP contribution in [0.3, 0.4) is 0 Å². The molecule has 0 saturated carbocycles. The predicted octanol–water partition coefficient (Wildman–Crippen LogP) is 2.69. The van der Waals surface area contributed by atoms with E-state index < -0.39 is 5.82 Å². The van der Waals surface area contributed by atoms with Gasteiger partial charge in [-0.05, 0) is 24.3 Å². The van der Waals surface area contributed by atoms with Crippen LogP contribution in [-0.4, -0.2) is 12.5 Å². The summed E-state index contributed by atoms with van der Waals surface area (Å²) in [7, 11) is 0. The summed E-state index contributed by atoms with van der Waals surface area (Å²) in [5.41, 5.74) is 0.883. The molecule has 1 amide bonds. The van der Waals surface area contributed by atoms with Gasteiger partial charge in [0.1, 0.15) is 11.6 Å². The Balaban J connectivity index is 1.80. The molecule has 3 nitrogen and oxygen atoms in total. The quantitative estimate of drug-likeness (QED) is 0.881. The highest BCUT2D eigenvalue weighted by atomic mass is 19.1. The van der Waals surface area contributed by atoms with Crippen LogP contribution in [-0.2, 0) is 11.3 Å². The first-order valence-electron chi connectivity index (χ1n) is 6.15. The maximum absolute atomic E-state index is 13.3. The van der Waals surface area contributed by atoms with Crippen LogP contribution in [0.25, 0.3) is 0 Å². The molecule has 0 aliphatic rings. The van der Waals surface area contributed by atoms with E-state index in [0.29, 0.717) is 11.3 Å². The van der Waals surface area contributed by atoms with E-state index in [1.54, 1.807) is 24.3 Å². The lowest BCUT2D eigenvalue weighted by Gasteiger charge is -2.07. The zero-order valence-electron chi connectivity index (χ0n) is 10.7. The van der Waals surface area contributed by atoms with Crippen molar-refractivity contribution in [2.24, 2.45) is 0 Å². The van der Waals surface area contributed by atoms with Crippen molar-refractivity contribution >= 4 is 11.6 Å². The summed E-state index contributed by atoms with van der Waals surface area (Å²) in [5, 5.41) is 5.38. The topological polar surface area (TPSA) is 41.1 Å². The van der Waals surface area contributed by atoms with Gasteiger partial charge in [-0.25, -0.2) is 8.78 Å². The van der Waals surface area contributed by atoms with Crippen LogP contribution < -0.4 is 10.6 Å². The molecule has 20 heavy (non-hydrogen) atoms. The number of nitrogens with one attached hydrogen (secondary N) is 2. The molecule has 0 unspecified atom stereocenters. The number of benzene rings is 2. The summed E-state index contributed by atoms with van der Waals surface area (Å²) in [6.45, 7) is 0.272. The number of hydrogen-bond acceptors (Lipinski definition) is 2. The Morgan fingerprint density at radius 2 is 1.85 bits per heavy atom. The number of rotatable bonds is 5. The number of halogens is 2. The maximum Gasteiger partial charge on any atom is 0.238 e. The third-order valence-corrected chi connectivity index (χ3v) is 2.67. The molecule has 2 rings (SSSR count). The van der Waals surface area contributed by atoms with E-state index in [2.05, 4.69) is 10.6 Å². The lowest BCUT2D eigenvalue weighted by Crippen LogP contribution is -2.28. The molecule has 2 aromatic rings. The van der Waals surface area contributed by atoms with E-state index in [-0.39, 0.29) is 24.8 Å². The Labute approximate surface area is 115 Å². The van der Waals surface area contributed by atoms with Gasteiger partial charge in [-0.1, -0.05) is 24.3 Å². The van der Waals surface area contributed by atoms with Crippen LogP contribution in [0.4, 0.5) is 14.5 Å². The van der Waals surface area contributed by atoms with Gasteiger partial charge in [-0.15, -0.1) is 0 Å². The van der Waals surface area contributed by atoms with Crippen molar-refractivity contribution in [1.29, 1.82) is 0 Å². The predicted molar refractivity (Wildman–Crippen MR) is 73.1 cm³/mol. The number of carbonyl (C=O) groups is 1. The Hall–Kier alpha value is -2.27. The molecule has 0 heterocycles. The number of carbonyl (C=O) groups excluding carboxylic acids is 1. The fourth-order valence-corrected chi connectivity index (χ4v) is 1.72. The van der Waals surface area contributed by atoms with E-state index in [0.717, 1.165) is 0 Å². The molecule has 0 aliphatic heterocycles. The van der Waals surface area contributed by atoms with Crippen molar-refractivity contribution in [2.75, 3.05) is 11.9 Å². The molecule has 0 saturated heterocycles.